The molecule has 0 amide bonds. The summed E-state index contributed by atoms with van der Waals surface area (Å²) in [5, 5.41) is 19.7. The average Bonchev–Trinajstić information content (AvgIpc) is 2.32. The van der Waals surface area contributed by atoms with Gasteiger partial charge in [-0.05, 0) is 25.1 Å². The summed E-state index contributed by atoms with van der Waals surface area (Å²) >= 11 is 0. The Kier molecular flexibility index (Phi) is 6.38. The number of aliphatic hydroxyl groups excluding tert-OH is 2. The highest BCUT2D eigenvalue weighted by atomic mass is 28.4. The summed E-state index contributed by atoms with van der Waals surface area (Å²) in [6.45, 7) is 12.6. The molecule has 0 unspecified atom stereocenters. The Morgan fingerprint density at radius 1 is 1.27 bits per heavy atom. The maximum absolute atomic E-state index is 11.7. The number of esters is 1. The number of rotatable bonds is 2. The molecule has 0 aliphatic carbocycles. The standard InChI is InChI=1S/C16H30O5Si/c1-11-9-12(21-22(5,6)16(2,3)4)7-8-13(17)14(18)10-15(19)20-11/h7-8,11-14,17-18H,9-10H2,1-6H3/b8-7+/t11-,12-,13+,14+/m1/s1. The number of carbonyl (C=O) groups is 1. The van der Waals surface area contributed by atoms with Crippen molar-refractivity contribution in [1.82, 2.24) is 0 Å². The molecule has 0 aromatic carbocycles. The lowest BCUT2D eigenvalue weighted by molar-refractivity contribution is -0.152. The smallest absolute Gasteiger partial charge is 0.308 e. The number of hydrogen-bond donors (Lipinski definition) is 2. The van der Waals surface area contributed by atoms with E-state index in [4.69, 9.17) is 9.16 Å². The third kappa shape index (κ3) is 5.50. The molecule has 2 N–H and O–H groups in total. The number of hydrogen-bond acceptors (Lipinski definition) is 5. The van der Waals surface area contributed by atoms with Gasteiger partial charge in [-0.3, -0.25) is 4.79 Å². The van der Waals surface area contributed by atoms with E-state index in [0.29, 0.717) is 6.42 Å². The van der Waals surface area contributed by atoms with Gasteiger partial charge in [0.2, 0.25) is 0 Å². The number of cyclic esters (lactones) is 1. The number of carbonyl (C=O) groups excluding carboxylic acids is 1. The van der Waals surface area contributed by atoms with E-state index >= 15 is 0 Å². The molecule has 6 heteroatoms. The topological polar surface area (TPSA) is 76.0 Å². The molecule has 0 spiro atoms. The fourth-order valence-electron chi connectivity index (χ4n) is 2.03. The molecule has 1 aliphatic rings. The zero-order valence-corrected chi connectivity index (χ0v) is 15.5. The molecule has 1 heterocycles. The van der Waals surface area contributed by atoms with E-state index < -0.39 is 26.5 Å². The van der Waals surface area contributed by atoms with Crippen LogP contribution in [-0.4, -0.2) is 48.9 Å². The van der Waals surface area contributed by atoms with Crippen LogP contribution in [0.5, 0.6) is 0 Å². The summed E-state index contributed by atoms with van der Waals surface area (Å²) in [5.74, 6) is -0.500. The van der Waals surface area contributed by atoms with Crippen LogP contribution in [-0.2, 0) is 14.0 Å². The molecule has 0 saturated carbocycles. The first kappa shape index (κ1) is 19.4. The molecule has 0 aromatic rings. The van der Waals surface area contributed by atoms with Crippen molar-refractivity contribution >= 4 is 14.3 Å². The normalized spacial score (nSPS) is 33.2. The average molecular weight is 330 g/mol. The SMILES string of the molecule is C[C@@H]1C[C@H](O[Si](C)(C)C(C)(C)C)/C=C/[C@H](O)[C@@H](O)CC(=O)O1. The lowest BCUT2D eigenvalue weighted by atomic mass is 10.1. The summed E-state index contributed by atoms with van der Waals surface area (Å²) in [6.07, 6.45) is 0.853. The number of ether oxygens (including phenoxy) is 1. The summed E-state index contributed by atoms with van der Waals surface area (Å²) < 4.78 is 11.6. The van der Waals surface area contributed by atoms with E-state index in [1.807, 2.05) is 6.92 Å². The molecular formula is C16H30O5Si. The van der Waals surface area contributed by atoms with Crippen molar-refractivity contribution in [2.45, 2.75) is 83.1 Å². The monoisotopic (exact) mass is 330 g/mol. The van der Waals surface area contributed by atoms with Crippen molar-refractivity contribution in [3.63, 3.8) is 0 Å². The second-order valence-electron chi connectivity index (χ2n) is 7.60. The lowest BCUT2D eigenvalue weighted by Gasteiger charge is -2.39. The van der Waals surface area contributed by atoms with Crippen LogP contribution >= 0.6 is 0 Å². The maximum atomic E-state index is 11.7. The quantitative estimate of drug-likeness (QED) is 0.462. The Morgan fingerprint density at radius 2 is 1.86 bits per heavy atom. The van der Waals surface area contributed by atoms with Gasteiger partial charge >= 0.3 is 5.97 Å². The van der Waals surface area contributed by atoms with Crippen molar-refractivity contribution in [2.75, 3.05) is 0 Å². The number of aliphatic hydroxyl groups is 2. The highest BCUT2D eigenvalue weighted by Gasteiger charge is 2.39. The van der Waals surface area contributed by atoms with Gasteiger partial charge in [-0.2, -0.15) is 0 Å². The molecule has 4 atom stereocenters. The van der Waals surface area contributed by atoms with E-state index in [9.17, 15) is 15.0 Å². The van der Waals surface area contributed by atoms with Crippen LogP contribution in [0.15, 0.2) is 12.2 Å². The van der Waals surface area contributed by atoms with Gasteiger partial charge in [0.1, 0.15) is 6.10 Å². The molecule has 128 valence electrons. The minimum Gasteiger partial charge on any atom is -0.462 e. The van der Waals surface area contributed by atoms with Gasteiger partial charge in [0.05, 0.1) is 24.7 Å². The van der Waals surface area contributed by atoms with Crippen LogP contribution in [0, 0.1) is 0 Å². The molecule has 0 aromatic heterocycles. The molecule has 5 nitrogen and oxygen atoms in total. The van der Waals surface area contributed by atoms with E-state index in [1.165, 1.54) is 6.08 Å². The predicted octanol–water partition coefficient (Wildman–Crippen LogP) is 2.38. The second-order valence-corrected chi connectivity index (χ2v) is 12.4. The Morgan fingerprint density at radius 3 is 2.41 bits per heavy atom. The van der Waals surface area contributed by atoms with E-state index in [1.54, 1.807) is 6.08 Å². The van der Waals surface area contributed by atoms with Gasteiger partial charge in [-0.15, -0.1) is 0 Å². The van der Waals surface area contributed by atoms with Crippen molar-refractivity contribution in [3.05, 3.63) is 12.2 Å². The Balaban J connectivity index is 2.93. The summed E-state index contributed by atoms with van der Waals surface area (Å²) in [5.41, 5.74) is 0. The summed E-state index contributed by atoms with van der Waals surface area (Å²) in [4.78, 5) is 11.7. The molecular weight excluding hydrogens is 300 g/mol. The summed E-state index contributed by atoms with van der Waals surface area (Å²) in [7, 11) is -1.98. The van der Waals surface area contributed by atoms with Gasteiger partial charge in [0, 0.05) is 6.42 Å². The maximum Gasteiger partial charge on any atom is 0.308 e. The second kappa shape index (κ2) is 7.25. The minimum absolute atomic E-state index is 0.0637. The van der Waals surface area contributed by atoms with Crippen molar-refractivity contribution < 1.29 is 24.2 Å². The van der Waals surface area contributed by atoms with Gasteiger partial charge in [0.25, 0.3) is 0 Å². The van der Waals surface area contributed by atoms with E-state index in [0.717, 1.165) is 0 Å². The van der Waals surface area contributed by atoms with Crippen molar-refractivity contribution in [2.24, 2.45) is 0 Å². The van der Waals surface area contributed by atoms with Crippen LogP contribution < -0.4 is 0 Å². The van der Waals surface area contributed by atoms with Gasteiger partial charge in [0.15, 0.2) is 8.32 Å². The first-order valence-corrected chi connectivity index (χ1v) is 10.7. The largest absolute Gasteiger partial charge is 0.462 e. The highest BCUT2D eigenvalue weighted by Crippen LogP contribution is 2.38. The van der Waals surface area contributed by atoms with Gasteiger partial charge < -0.3 is 19.4 Å². The van der Waals surface area contributed by atoms with E-state index in [2.05, 4.69) is 33.9 Å². The molecule has 22 heavy (non-hydrogen) atoms. The lowest BCUT2D eigenvalue weighted by Crippen LogP contribution is -2.44. The fraction of sp³-hybridized carbons (Fsp3) is 0.812. The van der Waals surface area contributed by atoms with Crippen molar-refractivity contribution in [1.29, 1.82) is 0 Å². The molecule has 1 rings (SSSR count). The third-order valence-electron chi connectivity index (χ3n) is 4.44. The predicted molar refractivity (Wildman–Crippen MR) is 88.0 cm³/mol. The molecule has 0 fully saturated rings. The van der Waals surface area contributed by atoms with Crippen LogP contribution in [0.3, 0.4) is 0 Å². The first-order chi connectivity index (χ1) is 9.92. The molecule has 0 bridgehead atoms. The molecule has 1 aliphatic heterocycles. The Labute approximate surface area is 134 Å². The van der Waals surface area contributed by atoms with E-state index in [-0.39, 0.29) is 23.7 Å². The first-order valence-electron chi connectivity index (χ1n) is 7.84. The van der Waals surface area contributed by atoms with Crippen LogP contribution in [0.2, 0.25) is 18.1 Å². The zero-order chi connectivity index (χ0) is 17.1. The highest BCUT2D eigenvalue weighted by molar-refractivity contribution is 6.74. The Bertz CT molecular complexity index is 413. The summed E-state index contributed by atoms with van der Waals surface area (Å²) in [6, 6.07) is 0. The molecule has 0 radical (unpaired) electrons. The zero-order valence-electron chi connectivity index (χ0n) is 14.5. The minimum atomic E-state index is -1.98. The van der Waals surface area contributed by atoms with Gasteiger partial charge in [-0.25, -0.2) is 0 Å². The van der Waals surface area contributed by atoms with Crippen LogP contribution in [0.1, 0.15) is 40.5 Å². The van der Waals surface area contributed by atoms with Crippen molar-refractivity contribution in [3.8, 4) is 0 Å². The molecule has 0 saturated heterocycles. The third-order valence-corrected chi connectivity index (χ3v) is 8.95. The Hall–Kier alpha value is -0.693. The van der Waals surface area contributed by atoms with Gasteiger partial charge in [-0.1, -0.05) is 32.9 Å². The van der Waals surface area contributed by atoms with Crippen LogP contribution in [0.25, 0.3) is 0 Å². The van der Waals surface area contributed by atoms with Crippen LogP contribution in [0.4, 0.5) is 0 Å². The fourth-order valence-corrected chi connectivity index (χ4v) is 3.31.